The van der Waals surface area contributed by atoms with Crippen molar-refractivity contribution < 1.29 is 14.3 Å². The molecule has 1 heterocycles. The molecule has 16 heavy (non-hydrogen) atoms. The first-order chi connectivity index (χ1) is 7.74. The zero-order valence-electron chi connectivity index (χ0n) is 9.82. The fraction of sp³-hybridized carbons (Fsp3) is 0.583. The lowest BCUT2D eigenvalue weighted by molar-refractivity contribution is 0.0443. The first-order valence-corrected chi connectivity index (χ1v) is 6.30. The maximum Gasteiger partial charge on any atom is 0.198 e. The normalized spacial score (nSPS) is 10.6. The standard InChI is InChI=1S/C12H18O3S/c1-3-6-14-7-8-15-9-11(13)12-5-4-10(2)16-12/h4-5H,3,6-9H2,1-2H3. The number of hydrogen-bond donors (Lipinski definition) is 0. The molecule has 0 fully saturated rings. The fourth-order valence-corrected chi connectivity index (χ4v) is 1.98. The maximum atomic E-state index is 11.6. The molecule has 1 aromatic heterocycles. The van der Waals surface area contributed by atoms with Gasteiger partial charge in [-0.25, -0.2) is 0 Å². The van der Waals surface area contributed by atoms with E-state index in [4.69, 9.17) is 9.47 Å². The minimum atomic E-state index is 0.0496. The molecule has 0 aliphatic heterocycles. The monoisotopic (exact) mass is 242 g/mol. The van der Waals surface area contributed by atoms with Crippen LogP contribution in [0.1, 0.15) is 27.9 Å². The van der Waals surface area contributed by atoms with Gasteiger partial charge in [0.25, 0.3) is 0 Å². The summed E-state index contributed by atoms with van der Waals surface area (Å²) in [5, 5.41) is 0. The van der Waals surface area contributed by atoms with Crippen molar-refractivity contribution in [3.63, 3.8) is 0 Å². The number of ether oxygens (including phenoxy) is 2. The van der Waals surface area contributed by atoms with Gasteiger partial charge in [0.15, 0.2) is 5.78 Å². The van der Waals surface area contributed by atoms with Crippen LogP contribution in [0.25, 0.3) is 0 Å². The van der Waals surface area contributed by atoms with E-state index in [9.17, 15) is 4.79 Å². The van der Waals surface area contributed by atoms with Crippen LogP contribution in [-0.2, 0) is 9.47 Å². The van der Waals surface area contributed by atoms with Crippen LogP contribution in [0.5, 0.6) is 0 Å². The van der Waals surface area contributed by atoms with Gasteiger partial charge >= 0.3 is 0 Å². The summed E-state index contributed by atoms with van der Waals surface area (Å²) in [6, 6.07) is 3.79. The highest BCUT2D eigenvalue weighted by Crippen LogP contribution is 2.15. The lowest BCUT2D eigenvalue weighted by atomic mass is 10.3. The van der Waals surface area contributed by atoms with Crippen LogP contribution >= 0.6 is 11.3 Å². The van der Waals surface area contributed by atoms with Gasteiger partial charge in [0.05, 0.1) is 18.1 Å². The average molecular weight is 242 g/mol. The van der Waals surface area contributed by atoms with E-state index in [2.05, 4.69) is 6.92 Å². The highest BCUT2D eigenvalue weighted by molar-refractivity contribution is 7.14. The van der Waals surface area contributed by atoms with Crippen molar-refractivity contribution in [3.05, 3.63) is 21.9 Å². The van der Waals surface area contributed by atoms with Crippen LogP contribution in [0.15, 0.2) is 12.1 Å². The van der Waals surface area contributed by atoms with Gasteiger partial charge in [-0.1, -0.05) is 6.92 Å². The molecule has 0 bridgehead atoms. The molecular weight excluding hydrogens is 224 g/mol. The maximum absolute atomic E-state index is 11.6. The van der Waals surface area contributed by atoms with Crippen molar-refractivity contribution in [2.45, 2.75) is 20.3 Å². The average Bonchev–Trinajstić information content (AvgIpc) is 2.70. The second-order valence-corrected chi connectivity index (χ2v) is 4.79. The predicted molar refractivity (Wildman–Crippen MR) is 65.3 cm³/mol. The number of rotatable bonds is 8. The van der Waals surface area contributed by atoms with Gasteiger partial charge in [0.2, 0.25) is 0 Å². The molecule has 0 atom stereocenters. The van der Waals surface area contributed by atoms with Crippen LogP contribution in [0.2, 0.25) is 0 Å². The van der Waals surface area contributed by atoms with Gasteiger partial charge in [0.1, 0.15) is 6.61 Å². The third-order valence-corrected chi connectivity index (χ3v) is 3.01. The third-order valence-electron chi connectivity index (χ3n) is 1.97. The number of ketones is 1. The minimum absolute atomic E-state index is 0.0496. The molecule has 0 spiro atoms. The molecule has 1 aromatic rings. The summed E-state index contributed by atoms with van der Waals surface area (Å²) in [7, 11) is 0. The van der Waals surface area contributed by atoms with Gasteiger partial charge in [-0.3, -0.25) is 4.79 Å². The quantitative estimate of drug-likeness (QED) is 0.519. The van der Waals surface area contributed by atoms with Crippen molar-refractivity contribution in [2.24, 2.45) is 0 Å². The van der Waals surface area contributed by atoms with E-state index >= 15 is 0 Å². The van der Waals surface area contributed by atoms with Crippen molar-refractivity contribution in [2.75, 3.05) is 26.4 Å². The molecule has 0 saturated carbocycles. The molecule has 0 amide bonds. The van der Waals surface area contributed by atoms with Gasteiger partial charge in [-0.05, 0) is 25.5 Å². The van der Waals surface area contributed by atoms with Gasteiger partial charge in [0, 0.05) is 11.5 Å². The van der Waals surface area contributed by atoms with Crippen molar-refractivity contribution in [3.8, 4) is 0 Å². The second kappa shape index (κ2) is 7.54. The van der Waals surface area contributed by atoms with Crippen LogP contribution < -0.4 is 0 Å². The molecule has 0 saturated heterocycles. The number of carbonyl (C=O) groups is 1. The Morgan fingerprint density at radius 1 is 1.25 bits per heavy atom. The van der Waals surface area contributed by atoms with Crippen molar-refractivity contribution in [1.29, 1.82) is 0 Å². The second-order valence-electron chi connectivity index (χ2n) is 3.50. The summed E-state index contributed by atoms with van der Waals surface area (Å²) < 4.78 is 10.5. The van der Waals surface area contributed by atoms with E-state index in [1.165, 1.54) is 11.3 Å². The number of Topliss-reactive ketones (excluding diaryl/α,β-unsaturated/α-hetero) is 1. The Balaban J connectivity index is 2.11. The summed E-state index contributed by atoms with van der Waals surface area (Å²) in [5.41, 5.74) is 0. The van der Waals surface area contributed by atoms with Crippen LogP contribution in [0.4, 0.5) is 0 Å². The molecule has 0 unspecified atom stereocenters. The Morgan fingerprint density at radius 3 is 2.62 bits per heavy atom. The number of thiophene rings is 1. The van der Waals surface area contributed by atoms with E-state index in [-0.39, 0.29) is 12.4 Å². The number of carbonyl (C=O) groups excluding carboxylic acids is 1. The predicted octanol–water partition coefficient (Wildman–Crippen LogP) is 2.68. The van der Waals surface area contributed by atoms with E-state index in [1.807, 2.05) is 19.1 Å². The highest BCUT2D eigenvalue weighted by Gasteiger charge is 2.07. The Bertz CT molecular complexity index is 320. The van der Waals surface area contributed by atoms with Crippen molar-refractivity contribution in [1.82, 2.24) is 0 Å². The summed E-state index contributed by atoms with van der Waals surface area (Å²) >= 11 is 1.51. The first-order valence-electron chi connectivity index (χ1n) is 5.49. The lowest BCUT2D eigenvalue weighted by Gasteiger charge is -2.03. The topological polar surface area (TPSA) is 35.5 Å². The molecule has 0 aromatic carbocycles. The molecule has 0 N–H and O–H groups in total. The molecule has 90 valence electrons. The molecule has 0 aliphatic rings. The van der Waals surface area contributed by atoms with Crippen LogP contribution in [0, 0.1) is 6.92 Å². The molecule has 4 heteroatoms. The molecule has 0 aliphatic carbocycles. The SMILES string of the molecule is CCCOCCOCC(=O)c1ccc(C)s1. The first kappa shape index (κ1) is 13.4. The smallest absolute Gasteiger partial charge is 0.198 e. The summed E-state index contributed by atoms with van der Waals surface area (Å²) in [6.45, 7) is 5.99. The lowest BCUT2D eigenvalue weighted by Crippen LogP contribution is -2.11. The van der Waals surface area contributed by atoms with Gasteiger partial charge < -0.3 is 9.47 Å². The molecular formula is C12H18O3S. The zero-order valence-corrected chi connectivity index (χ0v) is 10.6. The van der Waals surface area contributed by atoms with Crippen LogP contribution in [-0.4, -0.2) is 32.2 Å². The summed E-state index contributed by atoms with van der Waals surface area (Å²) in [5.74, 6) is 0.0496. The zero-order chi connectivity index (χ0) is 11.8. The Labute approximate surface area is 100 Å². The third kappa shape index (κ3) is 4.88. The largest absolute Gasteiger partial charge is 0.379 e. The van der Waals surface area contributed by atoms with Gasteiger partial charge in [-0.2, -0.15) is 0 Å². The Morgan fingerprint density at radius 2 is 2.00 bits per heavy atom. The molecule has 1 rings (SSSR count). The van der Waals surface area contributed by atoms with E-state index in [1.54, 1.807) is 0 Å². The molecule has 3 nitrogen and oxygen atoms in total. The highest BCUT2D eigenvalue weighted by atomic mass is 32.1. The summed E-state index contributed by atoms with van der Waals surface area (Å²) in [6.07, 6.45) is 1.01. The Hall–Kier alpha value is -0.710. The van der Waals surface area contributed by atoms with Crippen LogP contribution in [0.3, 0.4) is 0 Å². The number of aryl methyl sites for hydroxylation is 1. The van der Waals surface area contributed by atoms with E-state index in [0.717, 1.165) is 22.8 Å². The van der Waals surface area contributed by atoms with E-state index < -0.39 is 0 Å². The Kier molecular flexibility index (Phi) is 6.30. The van der Waals surface area contributed by atoms with Crippen molar-refractivity contribution >= 4 is 17.1 Å². The van der Waals surface area contributed by atoms with E-state index in [0.29, 0.717) is 13.2 Å². The number of hydrogen-bond acceptors (Lipinski definition) is 4. The van der Waals surface area contributed by atoms with Gasteiger partial charge in [-0.15, -0.1) is 11.3 Å². The molecule has 0 radical (unpaired) electrons. The summed E-state index contributed by atoms with van der Waals surface area (Å²) in [4.78, 5) is 13.5. The minimum Gasteiger partial charge on any atom is -0.379 e. The fourth-order valence-electron chi connectivity index (χ4n) is 1.18.